The lowest BCUT2D eigenvalue weighted by Gasteiger charge is -2.07. The van der Waals surface area contributed by atoms with Crippen molar-refractivity contribution >= 4 is 40.1 Å². The molecule has 21 heavy (non-hydrogen) atoms. The molecule has 0 aliphatic heterocycles. The van der Waals surface area contributed by atoms with Gasteiger partial charge in [0.1, 0.15) is 12.1 Å². The van der Waals surface area contributed by atoms with Gasteiger partial charge in [0.15, 0.2) is 5.65 Å². The number of hydrogen-bond donors (Lipinski definition) is 1. The van der Waals surface area contributed by atoms with Gasteiger partial charge in [0.25, 0.3) is 0 Å². The van der Waals surface area contributed by atoms with Crippen LogP contribution in [0.2, 0.25) is 10.0 Å². The maximum atomic E-state index is 6.24. The molecule has 0 saturated heterocycles. The van der Waals surface area contributed by atoms with Crippen LogP contribution in [-0.4, -0.2) is 26.3 Å². The van der Waals surface area contributed by atoms with Crippen LogP contribution in [-0.2, 0) is 0 Å². The van der Waals surface area contributed by atoms with E-state index in [0.717, 1.165) is 29.9 Å². The average molecular weight is 322 g/mol. The maximum absolute atomic E-state index is 6.24. The highest BCUT2D eigenvalue weighted by atomic mass is 35.5. The summed E-state index contributed by atoms with van der Waals surface area (Å²) in [7, 11) is 0. The smallest absolute Gasteiger partial charge is 0.168 e. The van der Waals surface area contributed by atoms with Crippen LogP contribution in [0.25, 0.3) is 16.7 Å². The van der Waals surface area contributed by atoms with Gasteiger partial charge in [0.2, 0.25) is 0 Å². The molecule has 0 saturated carbocycles. The number of halogens is 2. The first-order chi connectivity index (χ1) is 10.2. The monoisotopic (exact) mass is 321 g/mol. The van der Waals surface area contributed by atoms with Crippen LogP contribution in [0.4, 0.5) is 5.82 Å². The Morgan fingerprint density at radius 3 is 2.86 bits per heavy atom. The van der Waals surface area contributed by atoms with Crippen molar-refractivity contribution in [2.75, 3.05) is 11.9 Å². The number of benzene rings is 1. The van der Waals surface area contributed by atoms with Gasteiger partial charge in [-0.15, -0.1) is 0 Å². The van der Waals surface area contributed by atoms with Gasteiger partial charge in [-0.05, 0) is 24.6 Å². The van der Waals surface area contributed by atoms with Gasteiger partial charge < -0.3 is 5.32 Å². The Hall–Kier alpha value is -1.85. The molecule has 5 nitrogen and oxygen atoms in total. The first-order valence-electron chi connectivity index (χ1n) is 6.58. The van der Waals surface area contributed by atoms with E-state index in [0.29, 0.717) is 15.7 Å². The molecular formula is C14H13Cl2N5. The Balaban J connectivity index is 2.12. The number of nitrogens with zero attached hydrogens (tertiary/aromatic N) is 4. The van der Waals surface area contributed by atoms with Crippen LogP contribution in [0.1, 0.15) is 13.3 Å². The molecule has 1 N–H and O–H groups in total. The highest BCUT2D eigenvalue weighted by Gasteiger charge is 2.13. The van der Waals surface area contributed by atoms with Crippen molar-refractivity contribution in [1.29, 1.82) is 0 Å². The molecule has 0 radical (unpaired) electrons. The molecule has 2 heterocycles. The van der Waals surface area contributed by atoms with Gasteiger partial charge in [0, 0.05) is 11.6 Å². The molecule has 2 aromatic heterocycles. The van der Waals surface area contributed by atoms with Crippen molar-refractivity contribution in [2.24, 2.45) is 0 Å². The third-order valence-electron chi connectivity index (χ3n) is 3.05. The first-order valence-corrected chi connectivity index (χ1v) is 7.34. The molecule has 0 spiro atoms. The van der Waals surface area contributed by atoms with Crippen molar-refractivity contribution in [3.63, 3.8) is 0 Å². The Morgan fingerprint density at radius 2 is 2.10 bits per heavy atom. The average Bonchev–Trinajstić information content (AvgIpc) is 2.89. The van der Waals surface area contributed by atoms with Gasteiger partial charge in [-0.1, -0.05) is 30.1 Å². The number of rotatable bonds is 4. The second-order valence-electron chi connectivity index (χ2n) is 4.54. The van der Waals surface area contributed by atoms with Crippen molar-refractivity contribution < 1.29 is 0 Å². The second-order valence-corrected chi connectivity index (χ2v) is 5.38. The molecule has 7 heteroatoms. The molecule has 0 aliphatic carbocycles. The molecule has 0 aliphatic rings. The zero-order valence-corrected chi connectivity index (χ0v) is 12.9. The van der Waals surface area contributed by atoms with Crippen LogP contribution in [0.5, 0.6) is 0 Å². The minimum atomic E-state index is 0.522. The normalized spacial score (nSPS) is 11.0. The second kappa shape index (κ2) is 5.87. The summed E-state index contributed by atoms with van der Waals surface area (Å²) in [6.07, 6.45) is 4.27. The fraction of sp³-hybridized carbons (Fsp3) is 0.214. The Morgan fingerprint density at radius 1 is 1.24 bits per heavy atom. The number of aromatic nitrogens is 4. The Bertz CT molecular complexity index is 784. The van der Waals surface area contributed by atoms with E-state index in [1.807, 2.05) is 6.07 Å². The van der Waals surface area contributed by atoms with E-state index in [1.54, 1.807) is 23.0 Å². The van der Waals surface area contributed by atoms with Gasteiger partial charge in [0.05, 0.1) is 22.3 Å². The third kappa shape index (κ3) is 2.66. The van der Waals surface area contributed by atoms with Crippen LogP contribution in [0.15, 0.2) is 30.7 Å². The number of hydrogen-bond acceptors (Lipinski definition) is 4. The zero-order valence-electron chi connectivity index (χ0n) is 11.3. The van der Waals surface area contributed by atoms with E-state index in [1.165, 1.54) is 6.33 Å². The van der Waals surface area contributed by atoms with E-state index in [4.69, 9.17) is 23.2 Å². The summed E-state index contributed by atoms with van der Waals surface area (Å²) in [5.74, 6) is 0.776. The van der Waals surface area contributed by atoms with Gasteiger partial charge >= 0.3 is 0 Å². The standard InChI is InChI=1S/C14H13Cl2N5/c1-2-5-17-13-10-7-20-21(14(10)19-8-18-13)12-4-3-9(15)6-11(12)16/h3-4,6-8H,2,5H2,1H3,(H,17,18,19). The van der Waals surface area contributed by atoms with E-state index in [2.05, 4.69) is 27.3 Å². The fourth-order valence-corrected chi connectivity index (χ4v) is 2.55. The molecule has 108 valence electrons. The minimum absolute atomic E-state index is 0.522. The molecule has 3 rings (SSSR count). The van der Waals surface area contributed by atoms with Crippen molar-refractivity contribution in [1.82, 2.24) is 19.7 Å². The van der Waals surface area contributed by atoms with Crippen LogP contribution < -0.4 is 5.32 Å². The maximum Gasteiger partial charge on any atom is 0.168 e. The minimum Gasteiger partial charge on any atom is -0.369 e. The predicted octanol–water partition coefficient (Wildman–Crippen LogP) is 3.94. The number of nitrogens with one attached hydrogen (secondary N) is 1. The summed E-state index contributed by atoms with van der Waals surface area (Å²) in [5.41, 5.74) is 1.43. The summed E-state index contributed by atoms with van der Waals surface area (Å²) in [6.45, 7) is 2.95. The molecule has 0 bridgehead atoms. The zero-order chi connectivity index (χ0) is 14.8. The highest BCUT2D eigenvalue weighted by Crippen LogP contribution is 2.27. The van der Waals surface area contributed by atoms with E-state index >= 15 is 0 Å². The molecule has 0 fully saturated rings. The summed E-state index contributed by atoms with van der Waals surface area (Å²) in [4.78, 5) is 8.57. The lowest BCUT2D eigenvalue weighted by molar-refractivity contribution is 0.895. The molecule has 1 aromatic carbocycles. The topological polar surface area (TPSA) is 55.6 Å². The van der Waals surface area contributed by atoms with Crippen LogP contribution in [0, 0.1) is 0 Å². The van der Waals surface area contributed by atoms with Gasteiger partial charge in [-0.3, -0.25) is 0 Å². The molecule has 3 aromatic rings. The number of fused-ring (bicyclic) bond motifs is 1. The molecule has 0 unspecified atom stereocenters. The summed E-state index contributed by atoms with van der Waals surface area (Å²) in [6, 6.07) is 5.27. The molecular weight excluding hydrogens is 309 g/mol. The quantitative estimate of drug-likeness (QED) is 0.790. The van der Waals surface area contributed by atoms with Crippen LogP contribution >= 0.6 is 23.2 Å². The summed E-state index contributed by atoms with van der Waals surface area (Å²) >= 11 is 12.2. The predicted molar refractivity (Wildman–Crippen MR) is 85.5 cm³/mol. The van der Waals surface area contributed by atoms with Crippen molar-refractivity contribution in [3.8, 4) is 5.69 Å². The Kier molecular flexibility index (Phi) is 3.94. The lowest BCUT2D eigenvalue weighted by atomic mass is 10.3. The summed E-state index contributed by atoms with van der Waals surface area (Å²) in [5, 5.41) is 9.60. The van der Waals surface area contributed by atoms with E-state index in [-0.39, 0.29) is 0 Å². The van der Waals surface area contributed by atoms with Crippen molar-refractivity contribution in [2.45, 2.75) is 13.3 Å². The van der Waals surface area contributed by atoms with E-state index in [9.17, 15) is 0 Å². The van der Waals surface area contributed by atoms with Crippen LogP contribution in [0.3, 0.4) is 0 Å². The third-order valence-corrected chi connectivity index (χ3v) is 3.58. The lowest BCUT2D eigenvalue weighted by Crippen LogP contribution is -2.03. The summed E-state index contributed by atoms with van der Waals surface area (Å²) < 4.78 is 1.69. The SMILES string of the molecule is CCCNc1ncnc2c1cnn2-c1ccc(Cl)cc1Cl. The Labute approximate surface area is 131 Å². The van der Waals surface area contributed by atoms with E-state index < -0.39 is 0 Å². The fourth-order valence-electron chi connectivity index (χ4n) is 2.06. The molecule has 0 amide bonds. The molecule has 0 atom stereocenters. The largest absolute Gasteiger partial charge is 0.369 e. The number of anilines is 1. The first kappa shape index (κ1) is 14.1. The van der Waals surface area contributed by atoms with Gasteiger partial charge in [-0.2, -0.15) is 5.10 Å². The van der Waals surface area contributed by atoms with Crippen molar-refractivity contribution in [3.05, 3.63) is 40.8 Å². The van der Waals surface area contributed by atoms with Gasteiger partial charge in [-0.25, -0.2) is 14.6 Å². The highest BCUT2D eigenvalue weighted by molar-refractivity contribution is 6.35.